The lowest BCUT2D eigenvalue weighted by atomic mass is 10.2. The number of oxazole rings is 1. The number of fused-ring (bicyclic) bond motifs is 1. The maximum atomic E-state index is 5.80. The maximum Gasteiger partial charge on any atom is 0.217 e. The van der Waals surface area contributed by atoms with Crippen molar-refractivity contribution in [1.29, 1.82) is 0 Å². The molecule has 0 aliphatic carbocycles. The summed E-state index contributed by atoms with van der Waals surface area (Å²) in [5, 5.41) is 3.41. The summed E-state index contributed by atoms with van der Waals surface area (Å²) >= 11 is 0. The molecule has 4 nitrogen and oxygen atoms in total. The van der Waals surface area contributed by atoms with Crippen LogP contribution in [0.5, 0.6) is 0 Å². The zero-order valence-electron chi connectivity index (χ0n) is 13.7. The van der Waals surface area contributed by atoms with Crippen LogP contribution in [0.1, 0.15) is 38.3 Å². The van der Waals surface area contributed by atoms with Gasteiger partial charge in [-0.05, 0) is 50.6 Å². The molecule has 1 atom stereocenters. The van der Waals surface area contributed by atoms with Crippen molar-refractivity contribution >= 4 is 16.8 Å². The number of hydrogen-bond donors (Lipinski definition) is 1. The molecule has 0 saturated heterocycles. The second kappa shape index (κ2) is 6.84. The van der Waals surface area contributed by atoms with E-state index in [1.54, 1.807) is 0 Å². The Bertz CT molecular complexity index is 729. The van der Waals surface area contributed by atoms with E-state index in [4.69, 9.17) is 9.15 Å². The van der Waals surface area contributed by atoms with Gasteiger partial charge in [0.15, 0.2) is 5.58 Å². The molecule has 0 bridgehead atoms. The third-order valence-corrected chi connectivity index (χ3v) is 3.60. The first kappa shape index (κ1) is 15.6. The maximum absolute atomic E-state index is 5.80. The summed E-state index contributed by atoms with van der Waals surface area (Å²) in [5.74, 6) is 0.693. The number of nitrogens with one attached hydrogen (secondary N) is 1. The number of anilines is 1. The van der Waals surface area contributed by atoms with Gasteiger partial charge in [-0.15, -0.1) is 0 Å². The molecule has 0 saturated carbocycles. The number of para-hydroxylation sites is 2. The van der Waals surface area contributed by atoms with Gasteiger partial charge in [-0.25, -0.2) is 4.98 Å². The molecule has 1 aromatic heterocycles. The predicted octanol–water partition coefficient (Wildman–Crippen LogP) is 4.93. The topological polar surface area (TPSA) is 47.3 Å². The van der Waals surface area contributed by atoms with Gasteiger partial charge in [0.25, 0.3) is 0 Å². The van der Waals surface area contributed by atoms with E-state index in [2.05, 4.69) is 34.6 Å². The second-order valence-corrected chi connectivity index (χ2v) is 5.94. The lowest BCUT2D eigenvalue weighted by Gasteiger charge is -2.13. The standard InChI is InChI=1S/C19H22N2O2/c1-13(2)22-12-15-8-10-16(11-9-15)20-14(3)19-21-17-6-4-5-7-18(17)23-19/h4-11,13-14,20H,12H2,1-3H3. The summed E-state index contributed by atoms with van der Waals surface area (Å²) in [7, 11) is 0. The van der Waals surface area contributed by atoms with Crippen LogP contribution in [0.4, 0.5) is 5.69 Å². The molecule has 1 unspecified atom stereocenters. The van der Waals surface area contributed by atoms with Crippen LogP contribution < -0.4 is 5.32 Å². The highest BCUT2D eigenvalue weighted by Crippen LogP contribution is 2.23. The average molecular weight is 310 g/mol. The van der Waals surface area contributed by atoms with Crippen molar-refractivity contribution in [1.82, 2.24) is 4.98 Å². The van der Waals surface area contributed by atoms with Gasteiger partial charge in [0.1, 0.15) is 11.6 Å². The van der Waals surface area contributed by atoms with Crippen molar-refractivity contribution in [2.24, 2.45) is 0 Å². The Kier molecular flexibility index (Phi) is 4.63. The number of hydrogen-bond acceptors (Lipinski definition) is 4. The lowest BCUT2D eigenvalue weighted by Crippen LogP contribution is -2.07. The Morgan fingerprint density at radius 1 is 1.04 bits per heavy atom. The molecule has 3 rings (SSSR count). The SMILES string of the molecule is CC(C)OCc1ccc(NC(C)c2nc3ccccc3o2)cc1. The summed E-state index contributed by atoms with van der Waals surface area (Å²) in [6.07, 6.45) is 0.243. The zero-order chi connectivity index (χ0) is 16.2. The molecule has 23 heavy (non-hydrogen) atoms. The molecule has 0 fully saturated rings. The van der Waals surface area contributed by atoms with Crippen LogP contribution in [0.3, 0.4) is 0 Å². The molecular weight excluding hydrogens is 288 g/mol. The van der Waals surface area contributed by atoms with Crippen molar-refractivity contribution in [2.75, 3.05) is 5.32 Å². The van der Waals surface area contributed by atoms with Crippen molar-refractivity contribution in [3.63, 3.8) is 0 Å². The van der Waals surface area contributed by atoms with Crippen molar-refractivity contribution in [3.05, 3.63) is 60.0 Å². The quantitative estimate of drug-likeness (QED) is 0.701. The molecule has 1 N–H and O–H groups in total. The van der Waals surface area contributed by atoms with E-state index in [0.29, 0.717) is 12.5 Å². The van der Waals surface area contributed by atoms with E-state index in [0.717, 1.165) is 16.8 Å². The lowest BCUT2D eigenvalue weighted by molar-refractivity contribution is 0.0657. The number of benzene rings is 2. The van der Waals surface area contributed by atoms with E-state index in [9.17, 15) is 0 Å². The summed E-state index contributed by atoms with van der Waals surface area (Å²) in [4.78, 5) is 4.53. The zero-order valence-corrected chi connectivity index (χ0v) is 13.7. The van der Waals surface area contributed by atoms with Crippen LogP contribution in [0.15, 0.2) is 52.9 Å². The number of rotatable bonds is 6. The molecule has 0 aliphatic rings. The first-order chi connectivity index (χ1) is 11.1. The normalized spacial score (nSPS) is 12.7. The molecule has 3 aromatic rings. The Morgan fingerprint density at radius 3 is 2.48 bits per heavy atom. The summed E-state index contributed by atoms with van der Waals surface area (Å²) in [6.45, 7) is 6.76. The van der Waals surface area contributed by atoms with Gasteiger partial charge in [0, 0.05) is 5.69 Å². The number of nitrogens with zero attached hydrogens (tertiary/aromatic N) is 1. The van der Waals surface area contributed by atoms with E-state index < -0.39 is 0 Å². The third-order valence-electron chi connectivity index (χ3n) is 3.60. The molecule has 0 spiro atoms. The van der Waals surface area contributed by atoms with Crippen molar-refractivity contribution < 1.29 is 9.15 Å². The summed E-state index contributed by atoms with van der Waals surface area (Å²) < 4.78 is 11.4. The van der Waals surface area contributed by atoms with Gasteiger partial charge < -0.3 is 14.5 Å². The molecule has 0 aliphatic heterocycles. The first-order valence-corrected chi connectivity index (χ1v) is 7.94. The van der Waals surface area contributed by atoms with Gasteiger partial charge in [-0.2, -0.15) is 0 Å². The van der Waals surface area contributed by atoms with E-state index in [1.807, 2.05) is 45.0 Å². The predicted molar refractivity (Wildman–Crippen MR) is 92.4 cm³/mol. The van der Waals surface area contributed by atoms with Crippen LogP contribution >= 0.6 is 0 Å². The minimum absolute atomic E-state index is 0.000152. The fourth-order valence-electron chi connectivity index (χ4n) is 2.35. The van der Waals surface area contributed by atoms with Crippen molar-refractivity contribution in [2.45, 2.75) is 39.5 Å². The van der Waals surface area contributed by atoms with Crippen LogP contribution in [0.25, 0.3) is 11.1 Å². The monoisotopic (exact) mass is 310 g/mol. The minimum Gasteiger partial charge on any atom is -0.438 e. The Morgan fingerprint density at radius 2 is 1.78 bits per heavy atom. The van der Waals surface area contributed by atoms with E-state index >= 15 is 0 Å². The largest absolute Gasteiger partial charge is 0.438 e. The van der Waals surface area contributed by atoms with Gasteiger partial charge in [-0.3, -0.25) is 0 Å². The molecule has 0 radical (unpaired) electrons. The smallest absolute Gasteiger partial charge is 0.217 e. The van der Waals surface area contributed by atoms with Gasteiger partial charge in [-0.1, -0.05) is 24.3 Å². The van der Waals surface area contributed by atoms with Gasteiger partial charge in [0.05, 0.1) is 12.7 Å². The minimum atomic E-state index is 0.000152. The molecule has 0 amide bonds. The fraction of sp³-hybridized carbons (Fsp3) is 0.316. The van der Waals surface area contributed by atoms with Crippen LogP contribution in [0.2, 0.25) is 0 Å². The summed E-state index contributed by atoms with van der Waals surface area (Å²) in [5.41, 5.74) is 3.90. The Labute approximate surface area is 136 Å². The van der Waals surface area contributed by atoms with Gasteiger partial charge in [0.2, 0.25) is 5.89 Å². The fourth-order valence-corrected chi connectivity index (χ4v) is 2.35. The van der Waals surface area contributed by atoms with Crippen LogP contribution in [-0.2, 0) is 11.3 Å². The number of aromatic nitrogens is 1. The number of ether oxygens (including phenoxy) is 1. The first-order valence-electron chi connectivity index (χ1n) is 7.94. The molecule has 4 heteroatoms. The molecule has 120 valence electrons. The molecular formula is C19H22N2O2. The van der Waals surface area contributed by atoms with Crippen LogP contribution in [0, 0.1) is 0 Å². The Balaban J connectivity index is 1.66. The average Bonchev–Trinajstić information content (AvgIpc) is 2.98. The highest BCUT2D eigenvalue weighted by molar-refractivity contribution is 5.72. The molecule has 1 heterocycles. The highest BCUT2D eigenvalue weighted by atomic mass is 16.5. The third kappa shape index (κ3) is 3.90. The Hall–Kier alpha value is -2.33. The van der Waals surface area contributed by atoms with Crippen LogP contribution in [-0.4, -0.2) is 11.1 Å². The van der Waals surface area contributed by atoms with E-state index in [1.165, 1.54) is 5.56 Å². The van der Waals surface area contributed by atoms with Crippen molar-refractivity contribution in [3.8, 4) is 0 Å². The summed E-state index contributed by atoms with van der Waals surface area (Å²) in [6, 6.07) is 16.1. The second-order valence-electron chi connectivity index (χ2n) is 5.94. The van der Waals surface area contributed by atoms with E-state index in [-0.39, 0.29) is 12.1 Å². The van der Waals surface area contributed by atoms with Gasteiger partial charge >= 0.3 is 0 Å². The highest BCUT2D eigenvalue weighted by Gasteiger charge is 2.13. The molecule has 2 aromatic carbocycles.